The highest BCUT2D eigenvalue weighted by Crippen LogP contribution is 2.18. The van der Waals surface area contributed by atoms with Gasteiger partial charge >= 0.3 is 0 Å². The van der Waals surface area contributed by atoms with Crippen molar-refractivity contribution in [2.24, 2.45) is 10.9 Å². The molecule has 0 aromatic rings. The van der Waals surface area contributed by atoms with Crippen molar-refractivity contribution in [2.75, 3.05) is 66.8 Å². The third-order valence-corrected chi connectivity index (χ3v) is 4.05. The third kappa shape index (κ3) is 9.79. The molecule has 23 heavy (non-hydrogen) atoms. The summed E-state index contributed by atoms with van der Waals surface area (Å²) in [4.78, 5) is 6.93. The molecule has 0 bridgehead atoms. The maximum Gasteiger partial charge on any atom is 0.193 e. The molecule has 1 fully saturated rings. The van der Waals surface area contributed by atoms with Gasteiger partial charge in [-0.1, -0.05) is 0 Å². The molecule has 136 valence electrons. The maximum absolute atomic E-state index is 5.46. The summed E-state index contributed by atoms with van der Waals surface area (Å²) in [5.41, 5.74) is 0. The zero-order valence-corrected chi connectivity index (χ0v) is 15.2. The standard InChI is InChI=1S/C17H35N3O3/c1-4-18-17(19-9-5-11-22-15-14-21-3)20(2)10-6-16-7-12-23-13-8-16/h16H,4-15H2,1-3H3,(H,18,19). The molecule has 1 heterocycles. The van der Waals surface area contributed by atoms with E-state index >= 15 is 0 Å². The lowest BCUT2D eigenvalue weighted by Crippen LogP contribution is -2.40. The van der Waals surface area contributed by atoms with Crippen LogP contribution < -0.4 is 5.32 Å². The van der Waals surface area contributed by atoms with E-state index in [1.54, 1.807) is 7.11 Å². The molecule has 0 aromatic carbocycles. The predicted molar refractivity (Wildman–Crippen MR) is 94.1 cm³/mol. The molecular weight excluding hydrogens is 294 g/mol. The molecule has 6 heteroatoms. The van der Waals surface area contributed by atoms with Crippen molar-refractivity contribution in [2.45, 2.75) is 32.6 Å². The van der Waals surface area contributed by atoms with E-state index < -0.39 is 0 Å². The average molecular weight is 329 g/mol. The van der Waals surface area contributed by atoms with Crippen LogP contribution in [0.1, 0.15) is 32.6 Å². The Hall–Kier alpha value is -0.850. The third-order valence-electron chi connectivity index (χ3n) is 4.05. The highest BCUT2D eigenvalue weighted by atomic mass is 16.5. The fourth-order valence-electron chi connectivity index (χ4n) is 2.58. The Labute approximate surface area is 141 Å². The van der Waals surface area contributed by atoms with E-state index in [9.17, 15) is 0 Å². The van der Waals surface area contributed by atoms with E-state index in [-0.39, 0.29) is 0 Å². The van der Waals surface area contributed by atoms with Crippen molar-refractivity contribution in [1.29, 1.82) is 0 Å². The quantitative estimate of drug-likeness (QED) is 0.356. The highest BCUT2D eigenvalue weighted by Gasteiger charge is 2.15. The molecule has 1 aliphatic heterocycles. The molecule has 0 amide bonds. The van der Waals surface area contributed by atoms with Crippen molar-refractivity contribution >= 4 is 5.96 Å². The van der Waals surface area contributed by atoms with Gasteiger partial charge < -0.3 is 24.4 Å². The van der Waals surface area contributed by atoms with Gasteiger partial charge in [0.05, 0.1) is 13.2 Å². The van der Waals surface area contributed by atoms with Crippen LogP contribution in [0.4, 0.5) is 0 Å². The maximum atomic E-state index is 5.46. The first-order chi connectivity index (χ1) is 11.3. The molecule has 6 nitrogen and oxygen atoms in total. The van der Waals surface area contributed by atoms with Crippen LogP contribution in [-0.4, -0.2) is 77.7 Å². The Morgan fingerprint density at radius 1 is 1.26 bits per heavy atom. The number of rotatable bonds is 11. The topological polar surface area (TPSA) is 55.3 Å². The van der Waals surface area contributed by atoms with Crippen molar-refractivity contribution in [3.05, 3.63) is 0 Å². The Morgan fingerprint density at radius 2 is 2.04 bits per heavy atom. The first-order valence-corrected chi connectivity index (χ1v) is 8.91. The normalized spacial score (nSPS) is 16.6. The molecule has 1 N–H and O–H groups in total. The summed E-state index contributed by atoms with van der Waals surface area (Å²) < 4.78 is 15.8. The smallest absolute Gasteiger partial charge is 0.193 e. The summed E-state index contributed by atoms with van der Waals surface area (Å²) in [6.07, 6.45) is 4.54. The Bertz CT molecular complexity index is 307. The van der Waals surface area contributed by atoms with Gasteiger partial charge in [0.2, 0.25) is 0 Å². The minimum absolute atomic E-state index is 0.654. The van der Waals surface area contributed by atoms with Crippen LogP contribution in [0.2, 0.25) is 0 Å². The van der Waals surface area contributed by atoms with Crippen molar-refractivity contribution in [1.82, 2.24) is 10.2 Å². The van der Waals surface area contributed by atoms with Crippen LogP contribution in [0.3, 0.4) is 0 Å². The SMILES string of the molecule is CCNC(=NCCCOCCOC)N(C)CCC1CCOCC1. The van der Waals surface area contributed by atoms with Crippen molar-refractivity contribution in [3.8, 4) is 0 Å². The monoisotopic (exact) mass is 329 g/mol. The molecule has 0 radical (unpaired) electrons. The molecule has 1 saturated heterocycles. The first-order valence-electron chi connectivity index (χ1n) is 8.91. The fraction of sp³-hybridized carbons (Fsp3) is 0.941. The Kier molecular flexibility index (Phi) is 11.9. The van der Waals surface area contributed by atoms with Gasteiger partial charge in [0.15, 0.2) is 5.96 Å². The van der Waals surface area contributed by atoms with Gasteiger partial charge in [-0.3, -0.25) is 4.99 Å². The molecule has 0 saturated carbocycles. The zero-order chi connectivity index (χ0) is 16.8. The number of guanidine groups is 1. The highest BCUT2D eigenvalue weighted by molar-refractivity contribution is 5.79. The molecule has 0 aliphatic carbocycles. The summed E-state index contributed by atoms with van der Waals surface area (Å²) in [7, 11) is 3.81. The lowest BCUT2D eigenvalue weighted by Gasteiger charge is -2.26. The zero-order valence-electron chi connectivity index (χ0n) is 15.2. The van der Waals surface area contributed by atoms with E-state index in [0.29, 0.717) is 13.2 Å². The summed E-state index contributed by atoms with van der Waals surface area (Å²) in [6, 6.07) is 0. The van der Waals surface area contributed by atoms with Gasteiger partial charge in [-0.25, -0.2) is 0 Å². The number of hydrogen-bond acceptors (Lipinski definition) is 4. The van der Waals surface area contributed by atoms with E-state index in [1.165, 1.54) is 19.3 Å². The van der Waals surface area contributed by atoms with E-state index in [4.69, 9.17) is 19.2 Å². The van der Waals surface area contributed by atoms with Gasteiger partial charge in [-0.2, -0.15) is 0 Å². The minimum Gasteiger partial charge on any atom is -0.382 e. The minimum atomic E-state index is 0.654. The number of hydrogen-bond donors (Lipinski definition) is 1. The number of aliphatic imine (C=N–C) groups is 1. The van der Waals surface area contributed by atoms with Gasteiger partial charge in [0.25, 0.3) is 0 Å². The average Bonchev–Trinajstić information content (AvgIpc) is 2.59. The summed E-state index contributed by atoms with van der Waals surface area (Å²) in [5, 5.41) is 3.37. The second kappa shape index (κ2) is 13.6. The molecule has 1 rings (SSSR count). The van der Waals surface area contributed by atoms with Crippen LogP contribution in [0.25, 0.3) is 0 Å². The van der Waals surface area contributed by atoms with Crippen LogP contribution >= 0.6 is 0 Å². The number of nitrogens with one attached hydrogen (secondary N) is 1. The molecule has 1 aliphatic rings. The van der Waals surface area contributed by atoms with Crippen LogP contribution in [0, 0.1) is 5.92 Å². The van der Waals surface area contributed by atoms with Crippen molar-refractivity contribution in [3.63, 3.8) is 0 Å². The van der Waals surface area contributed by atoms with Gasteiger partial charge in [0.1, 0.15) is 0 Å². The van der Waals surface area contributed by atoms with Crippen molar-refractivity contribution < 1.29 is 14.2 Å². The number of methoxy groups -OCH3 is 1. The van der Waals surface area contributed by atoms with Crippen LogP contribution in [0.15, 0.2) is 4.99 Å². The summed E-state index contributed by atoms with van der Waals surface area (Å²) in [6.45, 7) is 8.72. The van der Waals surface area contributed by atoms with Gasteiger partial charge in [0, 0.05) is 53.6 Å². The molecule has 0 aromatic heterocycles. The second-order valence-electron chi connectivity index (χ2n) is 5.96. The van der Waals surface area contributed by atoms with E-state index in [2.05, 4.69) is 24.2 Å². The second-order valence-corrected chi connectivity index (χ2v) is 5.96. The lowest BCUT2D eigenvalue weighted by atomic mass is 9.96. The predicted octanol–water partition coefficient (Wildman–Crippen LogP) is 1.75. The molecule has 0 spiro atoms. The largest absolute Gasteiger partial charge is 0.382 e. The summed E-state index contributed by atoms with van der Waals surface area (Å²) in [5.74, 6) is 1.79. The first kappa shape index (κ1) is 20.2. The van der Waals surface area contributed by atoms with Gasteiger partial charge in [-0.15, -0.1) is 0 Å². The lowest BCUT2D eigenvalue weighted by molar-refractivity contribution is 0.0625. The Morgan fingerprint density at radius 3 is 2.74 bits per heavy atom. The van der Waals surface area contributed by atoms with E-state index in [1.807, 2.05) is 0 Å². The number of ether oxygens (including phenoxy) is 3. The molecule has 0 atom stereocenters. The Balaban J connectivity index is 2.23. The number of nitrogens with zero attached hydrogens (tertiary/aromatic N) is 2. The van der Waals surface area contributed by atoms with E-state index in [0.717, 1.165) is 57.8 Å². The molecule has 0 unspecified atom stereocenters. The molecular formula is C17H35N3O3. The van der Waals surface area contributed by atoms with Crippen LogP contribution in [0.5, 0.6) is 0 Å². The van der Waals surface area contributed by atoms with Crippen LogP contribution in [-0.2, 0) is 14.2 Å². The van der Waals surface area contributed by atoms with Gasteiger partial charge in [-0.05, 0) is 38.5 Å². The summed E-state index contributed by atoms with van der Waals surface area (Å²) >= 11 is 0. The fourth-order valence-corrected chi connectivity index (χ4v) is 2.58.